The molecule has 0 saturated heterocycles. The molecule has 4 nitrogen and oxygen atoms in total. The van der Waals surface area contributed by atoms with Crippen LogP contribution in [0, 0.1) is 0 Å². The van der Waals surface area contributed by atoms with Crippen LogP contribution in [-0.4, -0.2) is 22.3 Å². The minimum absolute atomic E-state index is 0.0636. The molecule has 19 heavy (non-hydrogen) atoms. The fraction of sp³-hybridized carbons (Fsp3) is 0.467. The van der Waals surface area contributed by atoms with Gasteiger partial charge in [0.25, 0.3) is 0 Å². The van der Waals surface area contributed by atoms with Crippen LogP contribution >= 0.6 is 0 Å². The Balaban J connectivity index is 2.91. The average Bonchev–Trinajstić information content (AvgIpc) is 2.37. The molecule has 0 aliphatic carbocycles. The van der Waals surface area contributed by atoms with E-state index in [0.717, 1.165) is 12.1 Å². The Kier molecular flexibility index (Phi) is 6.06. The fourth-order valence-corrected chi connectivity index (χ4v) is 1.66. The molecule has 102 valence electrons. The van der Waals surface area contributed by atoms with Gasteiger partial charge in [-0.3, -0.25) is 4.79 Å². The summed E-state index contributed by atoms with van der Waals surface area (Å²) >= 11 is 0. The van der Waals surface area contributed by atoms with Gasteiger partial charge in [0.1, 0.15) is 5.78 Å². The van der Waals surface area contributed by atoms with E-state index in [4.69, 9.17) is 0 Å². The van der Waals surface area contributed by atoms with Gasteiger partial charge in [0.15, 0.2) is 11.6 Å². The fourth-order valence-electron chi connectivity index (χ4n) is 1.66. The molecule has 0 atom stereocenters. The molecular formula is C15H20N2O2. The summed E-state index contributed by atoms with van der Waals surface area (Å²) in [5, 5.41) is 0. The number of hydrogen-bond donors (Lipinski definition) is 0. The summed E-state index contributed by atoms with van der Waals surface area (Å²) in [6.45, 7) is 5.38. The van der Waals surface area contributed by atoms with Gasteiger partial charge in [-0.05, 0) is 38.8 Å². The molecule has 0 aliphatic rings. The van der Waals surface area contributed by atoms with Gasteiger partial charge >= 0.3 is 0 Å². The van der Waals surface area contributed by atoms with Crippen molar-refractivity contribution >= 4 is 23.1 Å². The Morgan fingerprint density at radius 2 is 1.95 bits per heavy atom. The Morgan fingerprint density at radius 1 is 1.21 bits per heavy atom. The second-order valence-corrected chi connectivity index (χ2v) is 4.60. The van der Waals surface area contributed by atoms with Crippen LogP contribution in [0.1, 0.15) is 56.8 Å². The highest BCUT2D eigenvalue weighted by atomic mass is 16.1. The first kappa shape index (κ1) is 15.2. The normalized spacial score (nSPS) is 11.4. The number of aromatic nitrogens is 1. The molecule has 1 aromatic rings. The van der Waals surface area contributed by atoms with Gasteiger partial charge in [-0.1, -0.05) is 6.92 Å². The van der Waals surface area contributed by atoms with Crippen molar-refractivity contribution < 1.29 is 9.59 Å². The average molecular weight is 260 g/mol. The van der Waals surface area contributed by atoms with E-state index in [1.165, 1.54) is 0 Å². The van der Waals surface area contributed by atoms with Crippen molar-refractivity contribution in [2.24, 2.45) is 4.99 Å². The number of nitrogens with zero attached hydrogens (tertiary/aromatic N) is 2. The van der Waals surface area contributed by atoms with E-state index < -0.39 is 0 Å². The number of aliphatic imine (C=N–C) groups is 1. The molecule has 0 saturated carbocycles. The zero-order valence-electron chi connectivity index (χ0n) is 11.8. The standard InChI is InChI=1S/C15H20N2O2/c1-4-6-14(19)13-7-5-10-16-15(13)17-11(2)8-9-12(3)18/h5,7,10H,4,6,8-9H2,1-3H3. The van der Waals surface area contributed by atoms with Crippen LogP contribution in [0.15, 0.2) is 23.3 Å². The van der Waals surface area contributed by atoms with Crippen molar-refractivity contribution in [2.45, 2.75) is 46.5 Å². The number of pyridine rings is 1. The van der Waals surface area contributed by atoms with Crippen molar-refractivity contribution in [2.75, 3.05) is 0 Å². The van der Waals surface area contributed by atoms with Gasteiger partial charge in [-0.25, -0.2) is 9.98 Å². The maximum Gasteiger partial charge on any atom is 0.166 e. The largest absolute Gasteiger partial charge is 0.300 e. The molecule has 4 heteroatoms. The van der Waals surface area contributed by atoms with Crippen molar-refractivity contribution in [1.82, 2.24) is 4.98 Å². The lowest BCUT2D eigenvalue weighted by Crippen LogP contribution is -2.02. The Morgan fingerprint density at radius 3 is 2.58 bits per heavy atom. The van der Waals surface area contributed by atoms with Gasteiger partial charge in [0.05, 0.1) is 5.56 Å². The van der Waals surface area contributed by atoms with Crippen LogP contribution in [-0.2, 0) is 4.79 Å². The molecule has 0 spiro atoms. The number of rotatable bonds is 7. The zero-order valence-corrected chi connectivity index (χ0v) is 11.8. The van der Waals surface area contributed by atoms with Crippen molar-refractivity contribution in [3.05, 3.63) is 23.9 Å². The van der Waals surface area contributed by atoms with Gasteiger partial charge < -0.3 is 4.79 Å². The van der Waals surface area contributed by atoms with E-state index >= 15 is 0 Å². The van der Waals surface area contributed by atoms with Crippen LogP contribution < -0.4 is 0 Å². The SMILES string of the molecule is CCCC(=O)c1cccnc1N=C(C)CCC(C)=O. The maximum atomic E-state index is 11.9. The molecule has 0 aromatic carbocycles. The number of hydrogen-bond acceptors (Lipinski definition) is 4. The van der Waals surface area contributed by atoms with Crippen LogP contribution in [0.5, 0.6) is 0 Å². The quantitative estimate of drug-likeness (QED) is 0.556. The third kappa shape index (κ3) is 5.12. The van der Waals surface area contributed by atoms with Crippen molar-refractivity contribution in [1.29, 1.82) is 0 Å². The second kappa shape index (κ2) is 7.56. The summed E-state index contributed by atoms with van der Waals surface area (Å²) in [5.41, 5.74) is 1.38. The smallest absolute Gasteiger partial charge is 0.166 e. The highest BCUT2D eigenvalue weighted by Gasteiger charge is 2.11. The molecule has 1 heterocycles. The summed E-state index contributed by atoms with van der Waals surface area (Å²) in [4.78, 5) is 31.4. The third-order valence-electron chi connectivity index (χ3n) is 2.70. The Hall–Kier alpha value is -1.84. The summed E-state index contributed by atoms with van der Waals surface area (Å²) in [7, 11) is 0. The maximum absolute atomic E-state index is 11.9. The van der Waals surface area contributed by atoms with Crippen LogP contribution in [0.25, 0.3) is 0 Å². The van der Waals surface area contributed by atoms with E-state index in [9.17, 15) is 9.59 Å². The number of carbonyl (C=O) groups is 2. The highest BCUT2D eigenvalue weighted by Crippen LogP contribution is 2.18. The lowest BCUT2D eigenvalue weighted by Gasteiger charge is -2.04. The van der Waals surface area contributed by atoms with E-state index in [1.807, 2.05) is 13.8 Å². The predicted molar refractivity (Wildman–Crippen MR) is 76.2 cm³/mol. The molecule has 0 aliphatic heterocycles. The van der Waals surface area contributed by atoms with E-state index in [0.29, 0.717) is 30.6 Å². The molecule has 1 aromatic heterocycles. The van der Waals surface area contributed by atoms with Crippen molar-refractivity contribution in [3.8, 4) is 0 Å². The summed E-state index contributed by atoms with van der Waals surface area (Å²) in [6.07, 6.45) is 4.01. The van der Waals surface area contributed by atoms with Gasteiger partial charge in [-0.15, -0.1) is 0 Å². The van der Waals surface area contributed by atoms with E-state index in [2.05, 4.69) is 9.98 Å². The molecule has 1 rings (SSSR count). The highest BCUT2D eigenvalue weighted by molar-refractivity contribution is 6.01. The zero-order chi connectivity index (χ0) is 14.3. The molecule has 0 radical (unpaired) electrons. The molecular weight excluding hydrogens is 240 g/mol. The molecule has 0 N–H and O–H groups in total. The van der Waals surface area contributed by atoms with Crippen molar-refractivity contribution in [3.63, 3.8) is 0 Å². The summed E-state index contributed by atoms with van der Waals surface area (Å²) in [6, 6.07) is 3.49. The third-order valence-corrected chi connectivity index (χ3v) is 2.70. The van der Waals surface area contributed by atoms with Crippen LogP contribution in [0.3, 0.4) is 0 Å². The molecule has 0 amide bonds. The minimum atomic E-state index is 0.0636. The molecule has 0 fully saturated rings. The van der Waals surface area contributed by atoms with Gasteiger partial charge in [0, 0.05) is 24.8 Å². The first-order chi connectivity index (χ1) is 9.04. The van der Waals surface area contributed by atoms with E-state index in [1.54, 1.807) is 25.3 Å². The monoisotopic (exact) mass is 260 g/mol. The van der Waals surface area contributed by atoms with E-state index in [-0.39, 0.29) is 11.6 Å². The Labute approximate surface area is 114 Å². The molecule has 0 unspecified atom stereocenters. The Bertz CT molecular complexity index is 493. The predicted octanol–water partition coefficient (Wildman–Crippen LogP) is 3.53. The number of Topliss-reactive ketones (excluding diaryl/α,β-unsaturated/α-hetero) is 2. The lowest BCUT2D eigenvalue weighted by atomic mass is 10.1. The summed E-state index contributed by atoms with van der Waals surface area (Å²) in [5.74, 6) is 0.661. The minimum Gasteiger partial charge on any atom is -0.300 e. The van der Waals surface area contributed by atoms with Gasteiger partial charge in [-0.2, -0.15) is 0 Å². The topological polar surface area (TPSA) is 59.4 Å². The summed E-state index contributed by atoms with van der Waals surface area (Å²) < 4.78 is 0. The van der Waals surface area contributed by atoms with Crippen LogP contribution in [0.4, 0.5) is 5.82 Å². The van der Waals surface area contributed by atoms with Crippen LogP contribution in [0.2, 0.25) is 0 Å². The lowest BCUT2D eigenvalue weighted by molar-refractivity contribution is -0.116. The first-order valence-corrected chi connectivity index (χ1v) is 6.56. The number of carbonyl (C=O) groups excluding carboxylic acids is 2. The number of ketones is 2. The second-order valence-electron chi connectivity index (χ2n) is 4.60. The van der Waals surface area contributed by atoms with Gasteiger partial charge in [0.2, 0.25) is 0 Å². The first-order valence-electron chi connectivity index (χ1n) is 6.56. The molecule has 0 bridgehead atoms.